The van der Waals surface area contributed by atoms with Gasteiger partial charge < -0.3 is 5.32 Å². The molecule has 2 rings (SSSR count). The summed E-state index contributed by atoms with van der Waals surface area (Å²) >= 11 is 16.0. The topological polar surface area (TPSA) is 12.0 Å². The van der Waals surface area contributed by atoms with Gasteiger partial charge >= 0.3 is 0 Å². The Morgan fingerprint density at radius 2 is 1.65 bits per heavy atom. The van der Waals surface area contributed by atoms with Crippen molar-refractivity contribution in [3.63, 3.8) is 0 Å². The average Bonchev–Trinajstić information content (AvgIpc) is 2.35. The molecule has 0 saturated carbocycles. The molecule has 0 aliphatic carbocycles. The van der Waals surface area contributed by atoms with Crippen LogP contribution < -0.4 is 5.32 Å². The normalized spacial score (nSPS) is 12.5. The molecule has 1 N–H and O–H groups in total. The molecule has 1 unspecified atom stereocenters. The van der Waals surface area contributed by atoms with Crippen LogP contribution in [0.25, 0.3) is 0 Å². The summed E-state index contributed by atoms with van der Waals surface area (Å²) in [5.41, 5.74) is 4.56. The van der Waals surface area contributed by atoms with E-state index in [1.807, 2.05) is 25.2 Å². The van der Waals surface area contributed by atoms with E-state index in [1.54, 1.807) is 0 Å². The standard InChI is InChI=1S/C16H16BrCl2N/c1-9-4-14(15(19)5-10(9)2)16(20-3)11-6-12(17)8-13(18)7-11/h4-8,16,20H,1-3H3. The SMILES string of the molecule is CNC(c1cc(Cl)cc(Br)c1)c1cc(C)c(C)cc1Cl. The van der Waals surface area contributed by atoms with Crippen LogP contribution in [-0.4, -0.2) is 7.05 Å². The molecule has 0 aliphatic heterocycles. The highest BCUT2D eigenvalue weighted by molar-refractivity contribution is 9.10. The molecule has 1 atom stereocenters. The third kappa shape index (κ3) is 3.37. The summed E-state index contributed by atoms with van der Waals surface area (Å²) in [6.07, 6.45) is 0. The highest BCUT2D eigenvalue weighted by Gasteiger charge is 2.17. The number of rotatable bonds is 3. The van der Waals surface area contributed by atoms with Crippen molar-refractivity contribution in [3.8, 4) is 0 Å². The average molecular weight is 373 g/mol. The van der Waals surface area contributed by atoms with Crippen LogP contribution in [0.5, 0.6) is 0 Å². The minimum Gasteiger partial charge on any atom is -0.309 e. The Labute approximate surface area is 138 Å². The first-order valence-electron chi connectivity index (χ1n) is 6.32. The Morgan fingerprint density at radius 3 is 2.25 bits per heavy atom. The van der Waals surface area contributed by atoms with Crippen LogP contribution >= 0.6 is 39.1 Å². The minimum atomic E-state index is 0.0109. The van der Waals surface area contributed by atoms with E-state index in [-0.39, 0.29) is 6.04 Å². The van der Waals surface area contributed by atoms with Gasteiger partial charge in [-0.25, -0.2) is 0 Å². The molecule has 0 saturated heterocycles. The molecule has 0 fully saturated rings. The molecule has 0 radical (unpaired) electrons. The second-order valence-electron chi connectivity index (χ2n) is 4.88. The van der Waals surface area contributed by atoms with E-state index in [9.17, 15) is 0 Å². The van der Waals surface area contributed by atoms with Crippen LogP contribution in [0.15, 0.2) is 34.8 Å². The molecule has 0 heterocycles. The van der Waals surface area contributed by atoms with Gasteiger partial charge in [0.1, 0.15) is 0 Å². The molecule has 0 aromatic heterocycles. The molecule has 0 amide bonds. The summed E-state index contributed by atoms with van der Waals surface area (Å²) in [4.78, 5) is 0. The van der Waals surface area contributed by atoms with Crippen molar-refractivity contribution in [1.29, 1.82) is 0 Å². The second kappa shape index (κ2) is 6.48. The Balaban J connectivity index is 2.55. The minimum absolute atomic E-state index is 0.0109. The van der Waals surface area contributed by atoms with Crippen molar-refractivity contribution in [2.45, 2.75) is 19.9 Å². The first-order valence-corrected chi connectivity index (χ1v) is 7.87. The summed E-state index contributed by atoms with van der Waals surface area (Å²) in [6, 6.07) is 10.0. The summed E-state index contributed by atoms with van der Waals surface area (Å²) < 4.78 is 0.959. The van der Waals surface area contributed by atoms with E-state index >= 15 is 0 Å². The van der Waals surface area contributed by atoms with Crippen LogP contribution in [0.1, 0.15) is 28.3 Å². The lowest BCUT2D eigenvalue weighted by atomic mass is 9.95. The third-order valence-corrected chi connectivity index (χ3v) is 4.43. The molecule has 0 spiro atoms. The number of hydrogen-bond acceptors (Lipinski definition) is 1. The summed E-state index contributed by atoms with van der Waals surface area (Å²) in [7, 11) is 1.92. The number of aryl methyl sites for hydroxylation is 2. The van der Waals surface area contributed by atoms with Crippen molar-refractivity contribution in [3.05, 3.63) is 67.1 Å². The lowest BCUT2D eigenvalue weighted by Crippen LogP contribution is -2.18. The van der Waals surface area contributed by atoms with E-state index in [2.05, 4.69) is 47.2 Å². The molecule has 4 heteroatoms. The van der Waals surface area contributed by atoms with Gasteiger partial charge in [-0.2, -0.15) is 0 Å². The van der Waals surface area contributed by atoms with Gasteiger partial charge in [0.05, 0.1) is 6.04 Å². The Hall–Kier alpha value is -0.540. The third-order valence-electron chi connectivity index (χ3n) is 3.43. The van der Waals surface area contributed by atoms with Gasteiger partial charge in [-0.15, -0.1) is 0 Å². The first kappa shape index (κ1) is 15.8. The Kier molecular flexibility index (Phi) is 5.14. The van der Waals surface area contributed by atoms with Crippen molar-refractivity contribution >= 4 is 39.1 Å². The van der Waals surface area contributed by atoms with Gasteiger partial charge in [0.2, 0.25) is 0 Å². The molecular formula is C16H16BrCl2N. The predicted molar refractivity (Wildman–Crippen MR) is 91.0 cm³/mol. The van der Waals surface area contributed by atoms with E-state index in [4.69, 9.17) is 23.2 Å². The Bertz CT molecular complexity index is 620. The fraction of sp³-hybridized carbons (Fsp3) is 0.250. The molecule has 20 heavy (non-hydrogen) atoms. The Morgan fingerprint density at radius 1 is 1.00 bits per heavy atom. The molecule has 0 bridgehead atoms. The molecular weight excluding hydrogens is 357 g/mol. The van der Waals surface area contributed by atoms with Crippen molar-refractivity contribution < 1.29 is 0 Å². The van der Waals surface area contributed by atoms with E-state index in [0.717, 1.165) is 20.6 Å². The largest absolute Gasteiger partial charge is 0.309 e. The van der Waals surface area contributed by atoms with Gasteiger partial charge in [-0.3, -0.25) is 0 Å². The summed E-state index contributed by atoms with van der Waals surface area (Å²) in [6.45, 7) is 4.16. The molecule has 2 aromatic carbocycles. The highest BCUT2D eigenvalue weighted by Crippen LogP contribution is 2.33. The van der Waals surface area contributed by atoms with Gasteiger partial charge in [-0.1, -0.05) is 45.2 Å². The molecule has 106 valence electrons. The zero-order chi connectivity index (χ0) is 14.9. The summed E-state index contributed by atoms with van der Waals surface area (Å²) in [5, 5.41) is 4.78. The van der Waals surface area contributed by atoms with Crippen LogP contribution in [0.2, 0.25) is 10.0 Å². The fourth-order valence-corrected chi connectivity index (χ4v) is 3.48. The number of benzene rings is 2. The van der Waals surface area contributed by atoms with E-state index in [1.165, 1.54) is 11.1 Å². The van der Waals surface area contributed by atoms with Gasteiger partial charge in [0, 0.05) is 14.5 Å². The maximum absolute atomic E-state index is 6.42. The quantitative estimate of drug-likeness (QED) is 0.730. The highest BCUT2D eigenvalue weighted by atomic mass is 79.9. The molecule has 1 nitrogen and oxygen atoms in total. The van der Waals surface area contributed by atoms with Crippen LogP contribution in [0, 0.1) is 13.8 Å². The maximum Gasteiger partial charge on any atom is 0.0590 e. The first-order chi connectivity index (χ1) is 9.42. The van der Waals surface area contributed by atoms with Crippen molar-refractivity contribution in [1.82, 2.24) is 5.32 Å². The summed E-state index contributed by atoms with van der Waals surface area (Å²) in [5.74, 6) is 0. The monoisotopic (exact) mass is 371 g/mol. The lowest BCUT2D eigenvalue weighted by molar-refractivity contribution is 0.691. The smallest absolute Gasteiger partial charge is 0.0590 e. The van der Waals surface area contributed by atoms with Crippen LogP contribution in [0.3, 0.4) is 0 Å². The second-order valence-corrected chi connectivity index (χ2v) is 6.64. The van der Waals surface area contributed by atoms with Gasteiger partial charge in [0.25, 0.3) is 0 Å². The van der Waals surface area contributed by atoms with Gasteiger partial charge in [-0.05, 0) is 67.4 Å². The lowest BCUT2D eigenvalue weighted by Gasteiger charge is -2.20. The van der Waals surface area contributed by atoms with E-state index in [0.29, 0.717) is 5.02 Å². The van der Waals surface area contributed by atoms with Crippen LogP contribution in [-0.2, 0) is 0 Å². The zero-order valence-corrected chi connectivity index (χ0v) is 14.7. The number of hydrogen-bond donors (Lipinski definition) is 1. The number of nitrogens with one attached hydrogen (secondary N) is 1. The fourth-order valence-electron chi connectivity index (χ4n) is 2.27. The molecule has 2 aromatic rings. The van der Waals surface area contributed by atoms with Gasteiger partial charge in [0.15, 0.2) is 0 Å². The van der Waals surface area contributed by atoms with Crippen molar-refractivity contribution in [2.75, 3.05) is 7.05 Å². The number of halogens is 3. The van der Waals surface area contributed by atoms with Crippen LogP contribution in [0.4, 0.5) is 0 Å². The maximum atomic E-state index is 6.42. The zero-order valence-electron chi connectivity index (χ0n) is 11.6. The predicted octanol–water partition coefficient (Wildman–Crippen LogP) is 5.68. The molecule has 0 aliphatic rings. The van der Waals surface area contributed by atoms with E-state index < -0.39 is 0 Å². The van der Waals surface area contributed by atoms with Crippen molar-refractivity contribution in [2.24, 2.45) is 0 Å².